The van der Waals surface area contributed by atoms with E-state index in [1.165, 1.54) is 11.1 Å². The highest BCUT2D eigenvalue weighted by molar-refractivity contribution is 6.00. The van der Waals surface area contributed by atoms with Gasteiger partial charge in [0.25, 0.3) is 0 Å². The number of likely N-dealkylation sites (tertiary alicyclic amines) is 1. The minimum atomic E-state index is -0.451. The lowest BCUT2D eigenvalue weighted by atomic mass is 9.87. The number of piperidine rings is 2. The van der Waals surface area contributed by atoms with E-state index in [9.17, 15) is 14.4 Å². The van der Waals surface area contributed by atoms with Crippen LogP contribution in [0.5, 0.6) is 0 Å². The van der Waals surface area contributed by atoms with Crippen molar-refractivity contribution in [2.24, 2.45) is 5.92 Å². The predicted molar refractivity (Wildman–Crippen MR) is 121 cm³/mol. The number of ether oxygens (including phenoxy) is 1. The number of carbonyl (C=O) groups is 3. The van der Waals surface area contributed by atoms with Crippen molar-refractivity contribution in [2.75, 3.05) is 26.2 Å². The Morgan fingerprint density at radius 3 is 2.50 bits per heavy atom. The summed E-state index contributed by atoms with van der Waals surface area (Å²) < 4.78 is 5.50. The predicted octanol–water partition coefficient (Wildman–Crippen LogP) is 3.21. The first-order chi connectivity index (χ1) is 15.2. The highest BCUT2D eigenvalue weighted by atomic mass is 16.6. The third kappa shape index (κ3) is 5.49. The number of hydrogen-bond donors (Lipinski definition) is 1. The first kappa shape index (κ1) is 22.8. The fraction of sp³-hybridized carbons (Fsp3) is 0.640. The monoisotopic (exact) mass is 441 g/mol. The summed E-state index contributed by atoms with van der Waals surface area (Å²) in [5, 5.41) is 2.46. The van der Waals surface area contributed by atoms with Gasteiger partial charge < -0.3 is 9.64 Å². The Morgan fingerprint density at radius 2 is 1.81 bits per heavy atom. The summed E-state index contributed by atoms with van der Waals surface area (Å²) in [6, 6.07) is 6.39. The molecule has 4 rings (SSSR count). The van der Waals surface area contributed by atoms with Crippen LogP contribution >= 0.6 is 0 Å². The Hall–Kier alpha value is -2.41. The zero-order valence-electron chi connectivity index (χ0n) is 19.5. The van der Waals surface area contributed by atoms with Crippen molar-refractivity contribution < 1.29 is 19.1 Å². The van der Waals surface area contributed by atoms with E-state index < -0.39 is 5.60 Å². The molecule has 7 heteroatoms. The van der Waals surface area contributed by atoms with Crippen LogP contribution < -0.4 is 5.32 Å². The molecule has 0 bridgehead atoms. The van der Waals surface area contributed by atoms with E-state index in [4.69, 9.17) is 4.74 Å². The molecule has 1 atom stereocenters. The molecule has 1 aromatic carbocycles. The molecule has 3 amide bonds. The minimum absolute atomic E-state index is 0.170. The quantitative estimate of drug-likeness (QED) is 0.729. The van der Waals surface area contributed by atoms with Gasteiger partial charge in [-0.05, 0) is 69.1 Å². The highest BCUT2D eigenvalue weighted by Gasteiger charge is 2.30. The number of amides is 3. The average molecular weight is 442 g/mol. The summed E-state index contributed by atoms with van der Waals surface area (Å²) in [4.78, 5) is 40.3. The molecule has 7 nitrogen and oxygen atoms in total. The number of nitrogens with zero attached hydrogens (tertiary/aromatic N) is 2. The maximum atomic E-state index is 12.3. The van der Waals surface area contributed by atoms with Gasteiger partial charge in [-0.2, -0.15) is 0 Å². The molecule has 1 aromatic rings. The number of carbonyl (C=O) groups excluding carboxylic acids is 3. The molecule has 3 aliphatic heterocycles. The summed E-state index contributed by atoms with van der Waals surface area (Å²) in [5.74, 6) is 0.0392. The molecular formula is C25H35N3O4. The molecule has 0 aliphatic carbocycles. The molecule has 1 unspecified atom stereocenters. The average Bonchev–Trinajstić information content (AvgIpc) is 2.73. The molecule has 2 fully saturated rings. The van der Waals surface area contributed by atoms with E-state index in [0.717, 1.165) is 57.5 Å². The lowest BCUT2D eigenvalue weighted by Crippen LogP contribution is -2.44. The summed E-state index contributed by atoms with van der Waals surface area (Å²) >= 11 is 0. The number of benzene rings is 1. The van der Waals surface area contributed by atoms with Crippen molar-refractivity contribution in [1.29, 1.82) is 0 Å². The van der Waals surface area contributed by atoms with Gasteiger partial charge in [0.2, 0.25) is 11.8 Å². The molecule has 2 saturated heterocycles. The number of fused-ring (bicyclic) bond motifs is 1. The third-order valence-electron chi connectivity index (χ3n) is 6.75. The van der Waals surface area contributed by atoms with E-state index in [-0.39, 0.29) is 23.8 Å². The Bertz CT molecular complexity index is 884. The Kier molecular flexibility index (Phi) is 6.56. The van der Waals surface area contributed by atoms with E-state index in [1.807, 2.05) is 25.7 Å². The van der Waals surface area contributed by atoms with Crippen molar-refractivity contribution in [3.63, 3.8) is 0 Å². The fourth-order valence-corrected chi connectivity index (χ4v) is 5.01. The van der Waals surface area contributed by atoms with Crippen molar-refractivity contribution in [3.8, 4) is 0 Å². The van der Waals surface area contributed by atoms with E-state index in [2.05, 4.69) is 28.4 Å². The van der Waals surface area contributed by atoms with Crippen molar-refractivity contribution >= 4 is 17.9 Å². The topological polar surface area (TPSA) is 79.0 Å². The van der Waals surface area contributed by atoms with Crippen LogP contribution in [-0.2, 0) is 27.3 Å². The van der Waals surface area contributed by atoms with Crippen LogP contribution in [0.1, 0.15) is 69.1 Å². The van der Waals surface area contributed by atoms with Gasteiger partial charge >= 0.3 is 6.09 Å². The van der Waals surface area contributed by atoms with Gasteiger partial charge in [-0.1, -0.05) is 18.2 Å². The van der Waals surface area contributed by atoms with E-state index >= 15 is 0 Å². The van der Waals surface area contributed by atoms with Crippen LogP contribution in [0.25, 0.3) is 0 Å². The van der Waals surface area contributed by atoms with Crippen molar-refractivity contribution in [2.45, 2.75) is 70.9 Å². The first-order valence-electron chi connectivity index (χ1n) is 11.8. The van der Waals surface area contributed by atoms with Gasteiger partial charge in [0, 0.05) is 39.1 Å². The van der Waals surface area contributed by atoms with E-state index in [1.54, 1.807) is 0 Å². The molecule has 174 valence electrons. The van der Waals surface area contributed by atoms with Gasteiger partial charge in [-0.25, -0.2) is 4.79 Å². The molecule has 0 radical (unpaired) electrons. The molecule has 32 heavy (non-hydrogen) atoms. The van der Waals surface area contributed by atoms with Gasteiger partial charge in [0.05, 0.1) is 5.92 Å². The fourth-order valence-electron chi connectivity index (χ4n) is 5.01. The number of rotatable bonds is 3. The molecule has 1 N–H and O–H groups in total. The summed E-state index contributed by atoms with van der Waals surface area (Å²) in [6.07, 6.45) is 3.81. The number of imide groups is 1. The molecule has 0 spiro atoms. The first-order valence-corrected chi connectivity index (χ1v) is 11.8. The molecular weight excluding hydrogens is 406 g/mol. The molecule has 0 saturated carbocycles. The molecule has 3 heterocycles. The maximum absolute atomic E-state index is 12.3. The second-order valence-electron chi connectivity index (χ2n) is 10.4. The lowest BCUT2D eigenvalue weighted by Gasteiger charge is -2.37. The van der Waals surface area contributed by atoms with Gasteiger partial charge in [0.15, 0.2) is 0 Å². The Balaban J connectivity index is 1.29. The zero-order valence-corrected chi connectivity index (χ0v) is 19.5. The summed E-state index contributed by atoms with van der Waals surface area (Å²) in [6.45, 7) is 10.2. The third-order valence-corrected chi connectivity index (χ3v) is 6.75. The number of nitrogens with one attached hydrogen (secondary N) is 1. The minimum Gasteiger partial charge on any atom is -0.444 e. The van der Waals surface area contributed by atoms with Crippen molar-refractivity contribution in [1.82, 2.24) is 15.1 Å². The maximum Gasteiger partial charge on any atom is 0.410 e. The zero-order chi connectivity index (χ0) is 22.9. The van der Waals surface area contributed by atoms with Crippen molar-refractivity contribution in [3.05, 3.63) is 34.9 Å². The smallest absolute Gasteiger partial charge is 0.410 e. The summed E-state index contributed by atoms with van der Waals surface area (Å²) in [5.41, 5.74) is 3.23. The second-order valence-corrected chi connectivity index (χ2v) is 10.4. The highest BCUT2D eigenvalue weighted by Crippen LogP contribution is 2.30. The Labute approximate surface area is 190 Å². The van der Waals surface area contributed by atoms with E-state index in [0.29, 0.717) is 18.8 Å². The number of hydrogen-bond acceptors (Lipinski definition) is 5. The van der Waals surface area contributed by atoms with Crippen LogP contribution in [0.3, 0.4) is 0 Å². The van der Waals surface area contributed by atoms with Crippen LogP contribution in [-0.4, -0.2) is 59.5 Å². The Morgan fingerprint density at radius 1 is 1.06 bits per heavy atom. The normalized spacial score (nSPS) is 23.0. The largest absolute Gasteiger partial charge is 0.444 e. The van der Waals surface area contributed by atoms with Crippen LogP contribution in [0, 0.1) is 5.92 Å². The van der Waals surface area contributed by atoms with Gasteiger partial charge in [-0.15, -0.1) is 0 Å². The summed E-state index contributed by atoms with van der Waals surface area (Å²) in [7, 11) is 0. The van der Waals surface area contributed by atoms with Gasteiger partial charge in [-0.3, -0.25) is 19.8 Å². The van der Waals surface area contributed by atoms with Crippen LogP contribution in [0.2, 0.25) is 0 Å². The van der Waals surface area contributed by atoms with Crippen LogP contribution in [0.15, 0.2) is 18.2 Å². The molecule has 0 aromatic heterocycles. The van der Waals surface area contributed by atoms with Gasteiger partial charge in [0.1, 0.15) is 5.60 Å². The standard InChI is InChI=1S/C25H35N3O4/c1-25(2,3)32-24(31)28-12-8-17(9-13-28)15-27-11-10-18-14-19(4-5-20(18)16-27)21-6-7-22(29)26-23(21)30/h4-5,14,17,21H,6-13,15-16H2,1-3H3,(H,26,29,30). The SMILES string of the molecule is CC(C)(C)OC(=O)N1CCC(CN2CCc3cc(C4CCC(=O)NC4=O)ccc3C2)CC1. The van der Waals surface area contributed by atoms with Crippen LogP contribution in [0.4, 0.5) is 4.79 Å². The molecule has 3 aliphatic rings. The second kappa shape index (κ2) is 9.22. The lowest BCUT2D eigenvalue weighted by molar-refractivity contribution is -0.134.